The number of nitriles is 1. The van der Waals surface area contributed by atoms with Crippen LogP contribution in [0, 0.1) is 24.1 Å². The molecule has 0 aliphatic heterocycles. The molecule has 0 bridgehead atoms. The van der Waals surface area contributed by atoms with Crippen LogP contribution in [0.25, 0.3) is 0 Å². The molecule has 0 saturated heterocycles. The third kappa shape index (κ3) is 3.12. The molecule has 0 spiro atoms. The van der Waals surface area contributed by atoms with E-state index in [1.807, 2.05) is 19.1 Å². The summed E-state index contributed by atoms with van der Waals surface area (Å²) in [4.78, 5) is 11.8. The highest BCUT2D eigenvalue weighted by Crippen LogP contribution is 2.18. The number of benzene rings is 2. The van der Waals surface area contributed by atoms with Crippen LogP contribution in [0.4, 0.5) is 20.6 Å². The van der Waals surface area contributed by atoms with E-state index >= 15 is 0 Å². The molecule has 2 rings (SSSR count). The maximum absolute atomic E-state index is 13.4. The standard InChI is InChI=1S/C15H12FN3O/c1-10-5-7-11(8-6-10)18-15(20)19-14-4-2-3-13(16)12(14)9-17/h2-8H,1H3,(H2,18,19,20). The fourth-order valence-corrected chi connectivity index (χ4v) is 1.66. The fraction of sp³-hybridized carbons (Fsp3) is 0.0667. The predicted molar refractivity (Wildman–Crippen MR) is 74.9 cm³/mol. The smallest absolute Gasteiger partial charge is 0.308 e. The summed E-state index contributed by atoms with van der Waals surface area (Å²) in [5, 5.41) is 13.9. The minimum absolute atomic E-state index is 0.136. The van der Waals surface area contributed by atoms with Gasteiger partial charge in [-0.25, -0.2) is 9.18 Å². The van der Waals surface area contributed by atoms with Gasteiger partial charge in [-0.2, -0.15) is 5.26 Å². The van der Waals surface area contributed by atoms with Crippen molar-refractivity contribution in [1.82, 2.24) is 0 Å². The lowest BCUT2D eigenvalue weighted by Gasteiger charge is -2.09. The third-order valence-corrected chi connectivity index (χ3v) is 2.68. The van der Waals surface area contributed by atoms with Gasteiger partial charge in [0.15, 0.2) is 0 Å². The van der Waals surface area contributed by atoms with Gasteiger partial charge in [0.05, 0.1) is 5.69 Å². The average molecular weight is 269 g/mol. The number of carbonyl (C=O) groups is 1. The molecule has 2 N–H and O–H groups in total. The molecule has 100 valence electrons. The quantitative estimate of drug-likeness (QED) is 0.874. The van der Waals surface area contributed by atoms with Crippen molar-refractivity contribution in [3.63, 3.8) is 0 Å². The predicted octanol–water partition coefficient (Wildman–Crippen LogP) is 3.65. The summed E-state index contributed by atoms with van der Waals surface area (Å²) in [6.07, 6.45) is 0. The molecule has 0 atom stereocenters. The molecule has 20 heavy (non-hydrogen) atoms. The first-order chi connectivity index (χ1) is 9.60. The summed E-state index contributed by atoms with van der Waals surface area (Å²) in [5.41, 5.74) is 1.64. The monoisotopic (exact) mass is 269 g/mol. The van der Waals surface area contributed by atoms with E-state index < -0.39 is 11.8 Å². The number of amides is 2. The summed E-state index contributed by atoms with van der Waals surface area (Å²) < 4.78 is 13.4. The number of rotatable bonds is 2. The maximum Gasteiger partial charge on any atom is 0.323 e. The SMILES string of the molecule is Cc1ccc(NC(=O)Nc2cccc(F)c2C#N)cc1. The van der Waals surface area contributed by atoms with Crippen LogP contribution in [0.1, 0.15) is 11.1 Å². The molecule has 2 aromatic carbocycles. The van der Waals surface area contributed by atoms with E-state index in [-0.39, 0.29) is 11.3 Å². The lowest BCUT2D eigenvalue weighted by Crippen LogP contribution is -2.20. The molecule has 0 saturated carbocycles. The molecule has 0 aliphatic carbocycles. The van der Waals surface area contributed by atoms with E-state index in [9.17, 15) is 9.18 Å². The van der Waals surface area contributed by atoms with Crippen molar-refractivity contribution in [1.29, 1.82) is 5.26 Å². The summed E-state index contributed by atoms with van der Waals surface area (Å²) in [5.74, 6) is -0.666. The number of urea groups is 1. The van der Waals surface area contributed by atoms with Crippen molar-refractivity contribution in [2.24, 2.45) is 0 Å². The molecule has 4 nitrogen and oxygen atoms in total. The van der Waals surface area contributed by atoms with Crippen LogP contribution in [0.2, 0.25) is 0 Å². The zero-order valence-corrected chi connectivity index (χ0v) is 10.8. The van der Waals surface area contributed by atoms with Gasteiger partial charge in [0, 0.05) is 5.69 Å². The number of halogens is 1. The molecule has 0 fully saturated rings. The second-order valence-electron chi connectivity index (χ2n) is 4.22. The summed E-state index contributed by atoms with van der Waals surface area (Å²) >= 11 is 0. The van der Waals surface area contributed by atoms with Gasteiger partial charge in [-0.05, 0) is 31.2 Å². The number of nitrogens with zero attached hydrogens (tertiary/aromatic N) is 1. The number of aryl methyl sites for hydroxylation is 1. The van der Waals surface area contributed by atoms with Crippen LogP contribution in [0.3, 0.4) is 0 Å². The zero-order valence-electron chi connectivity index (χ0n) is 10.8. The number of carbonyl (C=O) groups excluding carboxylic acids is 1. The number of nitrogens with one attached hydrogen (secondary N) is 2. The Bertz CT molecular complexity index is 675. The molecule has 0 aromatic heterocycles. The fourth-order valence-electron chi connectivity index (χ4n) is 1.66. The molecule has 0 aliphatic rings. The summed E-state index contributed by atoms with van der Waals surface area (Å²) in [6, 6.07) is 12.5. The van der Waals surface area contributed by atoms with E-state index in [1.54, 1.807) is 18.2 Å². The van der Waals surface area contributed by atoms with Crippen molar-refractivity contribution in [3.05, 3.63) is 59.4 Å². The Kier molecular flexibility index (Phi) is 3.96. The first-order valence-corrected chi connectivity index (χ1v) is 5.93. The van der Waals surface area contributed by atoms with Crippen molar-refractivity contribution in [2.45, 2.75) is 6.92 Å². The second-order valence-corrected chi connectivity index (χ2v) is 4.22. The van der Waals surface area contributed by atoms with Gasteiger partial charge in [0.1, 0.15) is 17.4 Å². The first kappa shape index (κ1) is 13.6. The Morgan fingerprint density at radius 1 is 1.15 bits per heavy atom. The highest BCUT2D eigenvalue weighted by Gasteiger charge is 2.10. The van der Waals surface area contributed by atoms with Gasteiger partial charge >= 0.3 is 6.03 Å². The normalized spacial score (nSPS) is 9.65. The number of hydrogen-bond acceptors (Lipinski definition) is 2. The van der Waals surface area contributed by atoms with Crippen molar-refractivity contribution >= 4 is 17.4 Å². The molecule has 0 radical (unpaired) electrons. The van der Waals surface area contributed by atoms with Crippen molar-refractivity contribution in [2.75, 3.05) is 10.6 Å². The van der Waals surface area contributed by atoms with Gasteiger partial charge in [0.25, 0.3) is 0 Å². The van der Waals surface area contributed by atoms with Crippen LogP contribution in [0.5, 0.6) is 0 Å². The second kappa shape index (κ2) is 5.85. The topological polar surface area (TPSA) is 64.9 Å². The highest BCUT2D eigenvalue weighted by atomic mass is 19.1. The van der Waals surface area contributed by atoms with Crippen LogP contribution >= 0.6 is 0 Å². The van der Waals surface area contributed by atoms with Gasteiger partial charge in [-0.15, -0.1) is 0 Å². The number of hydrogen-bond donors (Lipinski definition) is 2. The maximum atomic E-state index is 13.4. The van der Waals surface area contributed by atoms with Crippen LogP contribution < -0.4 is 10.6 Å². The zero-order chi connectivity index (χ0) is 14.5. The lowest BCUT2D eigenvalue weighted by molar-refractivity contribution is 0.262. The van der Waals surface area contributed by atoms with E-state index in [0.717, 1.165) is 5.56 Å². The molecule has 2 aromatic rings. The van der Waals surface area contributed by atoms with Crippen LogP contribution in [-0.2, 0) is 0 Å². The van der Waals surface area contributed by atoms with Gasteiger partial charge in [-0.1, -0.05) is 23.8 Å². The Labute approximate surface area is 115 Å². The third-order valence-electron chi connectivity index (χ3n) is 2.68. The van der Waals surface area contributed by atoms with Crippen LogP contribution in [0.15, 0.2) is 42.5 Å². The highest BCUT2D eigenvalue weighted by molar-refractivity contribution is 6.00. The molecule has 5 heteroatoms. The first-order valence-electron chi connectivity index (χ1n) is 5.93. The number of anilines is 2. The summed E-state index contributed by atoms with van der Waals surface area (Å²) in [7, 11) is 0. The Balaban J connectivity index is 2.11. The largest absolute Gasteiger partial charge is 0.323 e. The van der Waals surface area contributed by atoms with Crippen molar-refractivity contribution < 1.29 is 9.18 Å². The minimum atomic E-state index is -0.666. The van der Waals surface area contributed by atoms with E-state index in [1.165, 1.54) is 18.2 Å². The van der Waals surface area contributed by atoms with E-state index in [2.05, 4.69) is 10.6 Å². The molecule has 0 unspecified atom stereocenters. The average Bonchev–Trinajstić information content (AvgIpc) is 2.42. The Hall–Kier alpha value is -2.87. The summed E-state index contributed by atoms with van der Waals surface area (Å²) in [6.45, 7) is 1.94. The molecule has 0 heterocycles. The van der Waals surface area contributed by atoms with E-state index in [0.29, 0.717) is 5.69 Å². The molecular weight excluding hydrogens is 257 g/mol. The molecular formula is C15H12FN3O. The Morgan fingerprint density at radius 3 is 2.50 bits per heavy atom. The molecule has 2 amide bonds. The van der Waals surface area contributed by atoms with Crippen LogP contribution in [-0.4, -0.2) is 6.03 Å². The van der Waals surface area contributed by atoms with Crippen molar-refractivity contribution in [3.8, 4) is 6.07 Å². The lowest BCUT2D eigenvalue weighted by atomic mass is 10.2. The van der Waals surface area contributed by atoms with Gasteiger partial charge < -0.3 is 10.6 Å². The van der Waals surface area contributed by atoms with E-state index in [4.69, 9.17) is 5.26 Å². The van der Waals surface area contributed by atoms with Gasteiger partial charge in [-0.3, -0.25) is 0 Å². The van der Waals surface area contributed by atoms with Gasteiger partial charge in [0.2, 0.25) is 0 Å². The Morgan fingerprint density at radius 2 is 1.85 bits per heavy atom. The minimum Gasteiger partial charge on any atom is -0.308 e.